The Kier molecular flexibility index (Phi) is 2.73. The van der Waals surface area contributed by atoms with Crippen LogP contribution in [0.15, 0.2) is 24.3 Å². The van der Waals surface area contributed by atoms with Crippen LogP contribution in [0.5, 0.6) is 0 Å². The van der Waals surface area contributed by atoms with Gasteiger partial charge in [0.25, 0.3) is 0 Å². The zero-order valence-electron chi connectivity index (χ0n) is 10.0. The number of anilines is 1. The summed E-state index contributed by atoms with van der Waals surface area (Å²) in [5, 5.41) is 3.37. The molecule has 1 fully saturated rings. The molecule has 4 heteroatoms. The summed E-state index contributed by atoms with van der Waals surface area (Å²) in [6.45, 7) is 1.74. The first kappa shape index (κ1) is 10.6. The minimum Gasteiger partial charge on any atom is -0.376 e. The van der Waals surface area contributed by atoms with Crippen molar-refractivity contribution in [3.05, 3.63) is 24.3 Å². The van der Waals surface area contributed by atoms with Crippen molar-refractivity contribution in [1.82, 2.24) is 9.55 Å². The lowest BCUT2D eigenvalue weighted by Crippen LogP contribution is -2.20. The number of hydrogen-bond donors (Lipinski definition) is 1. The first-order valence-corrected chi connectivity index (χ1v) is 6.11. The molecule has 0 aliphatic carbocycles. The van der Waals surface area contributed by atoms with Gasteiger partial charge in [-0.3, -0.25) is 0 Å². The van der Waals surface area contributed by atoms with Crippen LogP contribution in [0.25, 0.3) is 11.0 Å². The molecule has 17 heavy (non-hydrogen) atoms. The molecule has 4 nitrogen and oxygen atoms in total. The number of fused-ring (bicyclic) bond motifs is 1. The van der Waals surface area contributed by atoms with Gasteiger partial charge >= 0.3 is 0 Å². The maximum atomic E-state index is 5.59. The van der Waals surface area contributed by atoms with Gasteiger partial charge in [-0.25, -0.2) is 4.98 Å². The fourth-order valence-corrected chi connectivity index (χ4v) is 2.31. The average molecular weight is 231 g/mol. The maximum Gasteiger partial charge on any atom is 0.203 e. The van der Waals surface area contributed by atoms with E-state index in [1.165, 1.54) is 6.42 Å². The van der Waals surface area contributed by atoms with Crippen molar-refractivity contribution in [1.29, 1.82) is 0 Å². The van der Waals surface area contributed by atoms with Crippen molar-refractivity contribution < 1.29 is 4.74 Å². The fraction of sp³-hybridized carbons (Fsp3) is 0.462. The van der Waals surface area contributed by atoms with Crippen molar-refractivity contribution >= 4 is 17.0 Å². The summed E-state index contributed by atoms with van der Waals surface area (Å²) in [5.41, 5.74) is 2.19. The molecule has 1 aliphatic heterocycles. The van der Waals surface area contributed by atoms with E-state index in [1.807, 2.05) is 25.2 Å². The molecule has 1 N–H and O–H groups in total. The highest BCUT2D eigenvalue weighted by atomic mass is 16.5. The summed E-state index contributed by atoms with van der Waals surface area (Å²) < 4.78 is 7.68. The molecular weight excluding hydrogens is 214 g/mol. The van der Waals surface area contributed by atoms with Crippen molar-refractivity contribution in [2.75, 3.05) is 18.5 Å². The van der Waals surface area contributed by atoms with Gasteiger partial charge in [-0.15, -0.1) is 0 Å². The Hall–Kier alpha value is -1.55. The lowest BCUT2D eigenvalue weighted by atomic mass is 10.2. The Morgan fingerprint density at radius 3 is 3.12 bits per heavy atom. The molecule has 0 bridgehead atoms. The summed E-state index contributed by atoms with van der Waals surface area (Å²) in [5.74, 6) is 0.918. The van der Waals surface area contributed by atoms with Gasteiger partial charge in [-0.2, -0.15) is 0 Å². The van der Waals surface area contributed by atoms with E-state index in [9.17, 15) is 0 Å². The molecular formula is C13H17N3O. The lowest BCUT2D eigenvalue weighted by molar-refractivity contribution is 0.120. The van der Waals surface area contributed by atoms with Gasteiger partial charge in [0.1, 0.15) is 0 Å². The number of nitrogens with one attached hydrogen (secondary N) is 1. The first-order valence-electron chi connectivity index (χ1n) is 6.11. The molecule has 2 aromatic rings. The Balaban J connectivity index is 1.78. The summed E-state index contributed by atoms with van der Waals surface area (Å²) >= 11 is 0. The van der Waals surface area contributed by atoms with E-state index in [2.05, 4.69) is 20.9 Å². The Morgan fingerprint density at radius 1 is 1.47 bits per heavy atom. The average Bonchev–Trinajstić information content (AvgIpc) is 2.96. The van der Waals surface area contributed by atoms with Crippen LogP contribution in [-0.2, 0) is 11.8 Å². The molecule has 0 saturated carbocycles. The van der Waals surface area contributed by atoms with Crippen LogP contribution in [0.4, 0.5) is 5.95 Å². The summed E-state index contributed by atoms with van der Waals surface area (Å²) in [4.78, 5) is 4.57. The quantitative estimate of drug-likeness (QED) is 0.880. The number of nitrogens with zero attached hydrogens (tertiary/aromatic N) is 2. The van der Waals surface area contributed by atoms with Crippen molar-refractivity contribution in [3.63, 3.8) is 0 Å². The molecule has 2 heterocycles. The predicted octanol–water partition coefficient (Wildman–Crippen LogP) is 2.16. The van der Waals surface area contributed by atoms with E-state index < -0.39 is 0 Å². The fourth-order valence-electron chi connectivity index (χ4n) is 2.31. The van der Waals surface area contributed by atoms with Gasteiger partial charge in [-0.05, 0) is 25.0 Å². The van der Waals surface area contributed by atoms with E-state index in [0.29, 0.717) is 6.10 Å². The van der Waals surface area contributed by atoms with Gasteiger partial charge < -0.3 is 14.6 Å². The number of para-hydroxylation sites is 2. The summed E-state index contributed by atoms with van der Waals surface area (Å²) in [6, 6.07) is 8.17. The minimum absolute atomic E-state index is 0.342. The van der Waals surface area contributed by atoms with E-state index in [4.69, 9.17) is 4.74 Å². The van der Waals surface area contributed by atoms with E-state index >= 15 is 0 Å². The highest BCUT2D eigenvalue weighted by Crippen LogP contribution is 2.18. The van der Waals surface area contributed by atoms with Crippen LogP contribution in [0, 0.1) is 0 Å². The van der Waals surface area contributed by atoms with Gasteiger partial charge in [0, 0.05) is 20.2 Å². The molecule has 1 saturated heterocycles. The van der Waals surface area contributed by atoms with Crippen LogP contribution in [0.1, 0.15) is 12.8 Å². The number of aryl methyl sites for hydroxylation is 1. The molecule has 3 rings (SSSR count). The highest BCUT2D eigenvalue weighted by molar-refractivity contribution is 5.78. The third kappa shape index (κ3) is 2.00. The lowest BCUT2D eigenvalue weighted by Gasteiger charge is -2.11. The number of ether oxygens (including phenoxy) is 1. The van der Waals surface area contributed by atoms with Crippen LogP contribution >= 0.6 is 0 Å². The number of imidazole rings is 1. The number of rotatable bonds is 3. The summed E-state index contributed by atoms with van der Waals surface area (Å²) in [7, 11) is 2.03. The third-order valence-electron chi connectivity index (χ3n) is 3.30. The normalized spacial score (nSPS) is 19.9. The largest absolute Gasteiger partial charge is 0.376 e. The smallest absolute Gasteiger partial charge is 0.203 e. The molecule has 0 amide bonds. The van der Waals surface area contributed by atoms with Crippen LogP contribution in [0.2, 0.25) is 0 Å². The third-order valence-corrected chi connectivity index (χ3v) is 3.30. The molecule has 0 spiro atoms. The molecule has 1 aliphatic rings. The Bertz CT molecular complexity index is 514. The highest BCUT2D eigenvalue weighted by Gasteiger charge is 2.16. The minimum atomic E-state index is 0.342. The van der Waals surface area contributed by atoms with Gasteiger partial charge in [0.2, 0.25) is 5.95 Å². The molecule has 1 aromatic heterocycles. The maximum absolute atomic E-state index is 5.59. The first-order chi connectivity index (χ1) is 8.34. The molecule has 1 atom stereocenters. The number of hydrogen-bond acceptors (Lipinski definition) is 3. The Morgan fingerprint density at radius 2 is 2.35 bits per heavy atom. The second kappa shape index (κ2) is 4.37. The zero-order valence-corrected chi connectivity index (χ0v) is 10.0. The molecule has 90 valence electrons. The van der Waals surface area contributed by atoms with E-state index in [0.717, 1.165) is 36.6 Å². The topological polar surface area (TPSA) is 39.1 Å². The Labute approximate surface area is 101 Å². The van der Waals surface area contributed by atoms with Crippen molar-refractivity contribution in [2.24, 2.45) is 7.05 Å². The standard InChI is InChI=1S/C13H17N3O/c1-16-12-7-3-2-6-11(12)15-13(16)14-9-10-5-4-8-17-10/h2-3,6-7,10H,4-5,8-9H2,1H3,(H,14,15). The predicted molar refractivity (Wildman–Crippen MR) is 68.2 cm³/mol. The molecule has 0 radical (unpaired) electrons. The van der Waals surface area contributed by atoms with Crippen LogP contribution < -0.4 is 5.32 Å². The molecule has 1 unspecified atom stereocenters. The van der Waals surface area contributed by atoms with Gasteiger partial charge in [0.15, 0.2) is 0 Å². The van der Waals surface area contributed by atoms with E-state index in [-0.39, 0.29) is 0 Å². The number of aromatic nitrogens is 2. The number of benzene rings is 1. The van der Waals surface area contributed by atoms with Crippen LogP contribution in [-0.4, -0.2) is 28.8 Å². The van der Waals surface area contributed by atoms with Gasteiger partial charge in [0.05, 0.1) is 17.1 Å². The van der Waals surface area contributed by atoms with E-state index in [1.54, 1.807) is 0 Å². The zero-order chi connectivity index (χ0) is 11.7. The molecule has 1 aromatic carbocycles. The van der Waals surface area contributed by atoms with Crippen molar-refractivity contribution in [2.45, 2.75) is 18.9 Å². The second-order valence-corrected chi connectivity index (χ2v) is 4.50. The van der Waals surface area contributed by atoms with Gasteiger partial charge in [-0.1, -0.05) is 12.1 Å². The summed E-state index contributed by atoms with van der Waals surface area (Å²) in [6.07, 6.45) is 2.67. The van der Waals surface area contributed by atoms with Crippen LogP contribution in [0.3, 0.4) is 0 Å². The van der Waals surface area contributed by atoms with Crippen molar-refractivity contribution in [3.8, 4) is 0 Å². The SMILES string of the molecule is Cn1c(NCC2CCCO2)nc2ccccc21. The monoisotopic (exact) mass is 231 g/mol. The second-order valence-electron chi connectivity index (χ2n) is 4.50.